The van der Waals surface area contributed by atoms with Crippen LogP contribution in [0.25, 0.3) is 5.57 Å². The molecule has 0 unspecified atom stereocenters. The molecule has 2 amide bonds. The van der Waals surface area contributed by atoms with Gasteiger partial charge in [-0.05, 0) is 86.9 Å². The maximum absolute atomic E-state index is 14.1. The van der Waals surface area contributed by atoms with Crippen molar-refractivity contribution < 1.29 is 97.5 Å². The minimum absolute atomic E-state index is 0. The number of carbonyl (C=O) groups excluding carboxylic acids is 3. The molecule has 0 atom stereocenters. The highest BCUT2D eigenvalue weighted by Gasteiger charge is 2.45. The van der Waals surface area contributed by atoms with E-state index >= 15 is 0 Å². The Balaban J connectivity index is 0.000000558. The zero-order valence-corrected chi connectivity index (χ0v) is 47.8. The number of alkyl halides is 6. The quantitative estimate of drug-likeness (QED) is 0.0375. The van der Waals surface area contributed by atoms with Crippen LogP contribution in [0.4, 0.5) is 46.5 Å². The van der Waals surface area contributed by atoms with Crippen LogP contribution in [-0.2, 0) is 26.4 Å². The monoisotopic (exact) mass is 1320 g/mol. The van der Waals surface area contributed by atoms with Crippen LogP contribution >= 0.6 is 7.26 Å². The number of nitrogens with one attached hydrogen (secondary N) is 2. The fourth-order valence-electron chi connectivity index (χ4n) is 7.76. The first-order valence-corrected chi connectivity index (χ1v) is 25.3. The molecule has 0 bridgehead atoms. The summed E-state index contributed by atoms with van der Waals surface area (Å²) < 4.78 is 106. The minimum Gasteiger partial charge on any atom is -1.00 e. The molecule has 20 heteroatoms. The number of carbonyl (C=O) groups is 3. The van der Waals surface area contributed by atoms with Gasteiger partial charge in [0.1, 0.15) is 34.3 Å². The first kappa shape index (κ1) is 69.0. The van der Waals surface area contributed by atoms with Gasteiger partial charge in [0, 0.05) is 30.9 Å². The number of benzene rings is 5. The SMILES string of the molecule is C.C=C.CC(=O)c1ccccc1NC(=O)c1c(C(F)(F)F)nn(C)c1F.CCCC=C(C)c1ccccc1NC(=O)c1c(C(F)(F)F)nn(C)c1F.CCCC[P+](c1ccccc1)(c1ccccc1)c1ccccc1.[I-].[I-]. The summed E-state index contributed by atoms with van der Waals surface area (Å²) in [7, 11) is 0.386. The van der Waals surface area contributed by atoms with Gasteiger partial charge in [-0.15, -0.1) is 13.2 Å². The van der Waals surface area contributed by atoms with Crippen molar-refractivity contribution in [2.75, 3.05) is 16.8 Å². The lowest BCUT2D eigenvalue weighted by atomic mass is 10.0. The van der Waals surface area contributed by atoms with E-state index in [1.807, 2.05) is 19.9 Å². The zero-order valence-electron chi connectivity index (χ0n) is 42.5. The highest BCUT2D eigenvalue weighted by molar-refractivity contribution is 7.95. The highest BCUT2D eigenvalue weighted by Crippen LogP contribution is 2.56. The van der Waals surface area contributed by atoms with Gasteiger partial charge in [-0.1, -0.05) is 125 Å². The molecule has 0 radical (unpaired) electrons. The number of aromatic nitrogens is 4. The molecule has 0 saturated carbocycles. The number of halogens is 10. The van der Waals surface area contributed by atoms with Gasteiger partial charge >= 0.3 is 12.4 Å². The van der Waals surface area contributed by atoms with Crippen molar-refractivity contribution in [2.24, 2.45) is 14.1 Å². The van der Waals surface area contributed by atoms with E-state index in [-0.39, 0.29) is 66.6 Å². The molecule has 5 aromatic carbocycles. The van der Waals surface area contributed by atoms with Crippen molar-refractivity contribution >= 4 is 57.7 Å². The highest BCUT2D eigenvalue weighted by atomic mass is 127. The number of anilines is 2. The van der Waals surface area contributed by atoms with E-state index < -0.39 is 71.6 Å². The van der Waals surface area contributed by atoms with Crippen LogP contribution in [0, 0.1) is 11.9 Å². The Morgan fingerprint density at radius 2 is 0.909 bits per heavy atom. The minimum atomic E-state index is -4.99. The predicted octanol–water partition coefficient (Wildman–Crippen LogP) is 8.29. The van der Waals surface area contributed by atoms with Crippen LogP contribution in [0.3, 0.4) is 0 Å². The molecule has 2 heterocycles. The van der Waals surface area contributed by atoms with Gasteiger partial charge < -0.3 is 58.6 Å². The molecule has 0 spiro atoms. The van der Waals surface area contributed by atoms with Crippen molar-refractivity contribution in [1.82, 2.24) is 19.6 Å². The summed E-state index contributed by atoms with van der Waals surface area (Å²) in [6, 6.07) is 45.8. The lowest BCUT2D eigenvalue weighted by molar-refractivity contribution is -0.142. The van der Waals surface area contributed by atoms with E-state index in [4.69, 9.17) is 0 Å². The maximum atomic E-state index is 14.1. The molecule has 7 rings (SSSR count). The number of unbranched alkanes of at least 4 members (excludes halogenated alkanes) is 2. The average Bonchev–Trinajstić information content (AvgIpc) is 3.88. The topological polar surface area (TPSA) is 111 Å². The number of Topliss-reactive ketones (excluding diaryl/α,β-unsaturated/α-hetero) is 1. The van der Waals surface area contributed by atoms with E-state index in [9.17, 15) is 49.5 Å². The Kier molecular flexibility index (Phi) is 28.6. The van der Waals surface area contributed by atoms with Crippen molar-refractivity contribution in [3.8, 4) is 0 Å². The fourth-order valence-corrected chi connectivity index (χ4v) is 12.3. The first-order valence-electron chi connectivity index (χ1n) is 23.3. The molecular formula is C57H62F8I2N6O3P-. The molecule has 0 aliphatic carbocycles. The number of allylic oxidation sites excluding steroid dienone is 2. The predicted molar refractivity (Wildman–Crippen MR) is 287 cm³/mol. The third-order valence-corrected chi connectivity index (χ3v) is 15.8. The van der Waals surface area contributed by atoms with E-state index in [1.54, 1.807) is 24.3 Å². The van der Waals surface area contributed by atoms with Crippen LogP contribution in [0.2, 0.25) is 0 Å². The first-order chi connectivity index (χ1) is 35.2. The molecule has 0 fully saturated rings. The summed E-state index contributed by atoms with van der Waals surface area (Å²) in [5, 5.41) is 15.1. The number of nitrogens with zero attached hydrogens (tertiary/aromatic N) is 4. The molecule has 2 aromatic heterocycles. The second-order valence-electron chi connectivity index (χ2n) is 16.4. The standard InChI is InChI=1S/C22H24P.C18H19F4N3O.C14H11F4N3O2.C2H4.CH4.2HI/c1-2-3-19-23(20-13-7-4-8-14-20,21-15-9-5-10-16-21)22-17-11-6-12-18-22;1-4-5-8-11(2)12-9-6-7-10-13(12)23-17(26)14-15(18(20,21)22)24-25(3)16(14)19;1-7(22)8-5-3-4-6-9(8)19-13(23)10-11(14(16,17)18)20-21(2)12(10)15;1-2;;;/h4-18H,2-3,19H2,1H3;6-10H,4-5H2,1-3H3,(H,23,26);3-6H,1-2H3,(H,19,23);1-2H2;1H4;2*1H/q+1;;;;;;/p-2. The van der Waals surface area contributed by atoms with Crippen LogP contribution < -0.4 is 74.5 Å². The Labute approximate surface area is 480 Å². The van der Waals surface area contributed by atoms with Crippen LogP contribution in [0.15, 0.2) is 159 Å². The van der Waals surface area contributed by atoms with Crippen molar-refractivity contribution in [1.29, 1.82) is 0 Å². The largest absolute Gasteiger partial charge is 1.00 e. The molecule has 0 saturated heterocycles. The molecule has 9 nitrogen and oxygen atoms in total. The van der Waals surface area contributed by atoms with Crippen LogP contribution in [0.5, 0.6) is 0 Å². The van der Waals surface area contributed by atoms with Gasteiger partial charge in [-0.3, -0.25) is 14.4 Å². The summed E-state index contributed by atoms with van der Waals surface area (Å²) in [5.41, 5.74) is -3.61. The Bertz CT molecular complexity index is 2910. The summed E-state index contributed by atoms with van der Waals surface area (Å²) >= 11 is 0. The van der Waals surface area contributed by atoms with E-state index in [2.05, 4.69) is 132 Å². The molecule has 414 valence electrons. The van der Waals surface area contributed by atoms with Gasteiger partial charge in [-0.25, -0.2) is 9.36 Å². The summed E-state index contributed by atoms with van der Waals surface area (Å²) in [4.78, 5) is 35.9. The van der Waals surface area contributed by atoms with Crippen molar-refractivity contribution in [2.45, 2.75) is 73.2 Å². The summed E-state index contributed by atoms with van der Waals surface area (Å²) in [6.07, 6.45) is -2.48. The molecule has 7 aromatic rings. The summed E-state index contributed by atoms with van der Waals surface area (Å²) in [5.74, 6) is -5.69. The fraction of sp³-hybridized carbons (Fsp3) is 0.246. The maximum Gasteiger partial charge on any atom is 0.436 e. The molecular weight excluding hydrogens is 1250 g/mol. The Morgan fingerprint density at radius 3 is 1.25 bits per heavy atom. The number of rotatable bonds is 14. The number of hydrogen-bond acceptors (Lipinski definition) is 5. The third-order valence-electron chi connectivity index (χ3n) is 11.3. The average molecular weight is 1320 g/mol. The van der Waals surface area contributed by atoms with Gasteiger partial charge in [0.25, 0.3) is 11.8 Å². The summed E-state index contributed by atoms with van der Waals surface area (Å²) in [6.45, 7) is 13.4. The molecule has 77 heavy (non-hydrogen) atoms. The number of amides is 2. The van der Waals surface area contributed by atoms with Crippen LogP contribution in [-0.4, -0.2) is 43.3 Å². The second-order valence-corrected chi connectivity index (χ2v) is 20.0. The molecule has 0 aliphatic heterocycles. The normalized spacial score (nSPS) is 11.0. The van der Waals surface area contributed by atoms with Crippen LogP contribution in [0.1, 0.15) is 109 Å². The van der Waals surface area contributed by atoms with E-state index in [0.29, 0.717) is 20.6 Å². The van der Waals surface area contributed by atoms with E-state index in [0.717, 1.165) is 32.5 Å². The van der Waals surface area contributed by atoms with Gasteiger partial charge in [-0.2, -0.15) is 45.3 Å². The number of ketones is 1. The second kappa shape index (κ2) is 32.0. The van der Waals surface area contributed by atoms with Gasteiger partial charge in [0.15, 0.2) is 17.2 Å². The zero-order chi connectivity index (χ0) is 54.8. The van der Waals surface area contributed by atoms with Gasteiger partial charge in [0.2, 0.25) is 11.9 Å². The number of hydrogen-bond donors (Lipinski definition) is 2. The number of para-hydroxylation sites is 2. The molecule has 2 N–H and O–H groups in total. The lowest BCUT2D eigenvalue weighted by Gasteiger charge is -2.27. The smallest absolute Gasteiger partial charge is 0.436 e. The number of aryl methyl sites for hydroxylation is 2. The van der Waals surface area contributed by atoms with Gasteiger partial charge in [0.05, 0.1) is 11.8 Å². The Hall–Kier alpha value is -6.06. The van der Waals surface area contributed by atoms with Crippen molar-refractivity contribution in [3.63, 3.8) is 0 Å². The lowest BCUT2D eigenvalue weighted by Crippen LogP contribution is -3.00. The van der Waals surface area contributed by atoms with Crippen molar-refractivity contribution in [3.05, 3.63) is 204 Å². The third kappa shape index (κ3) is 17.7. The molecule has 0 aliphatic rings. The Morgan fingerprint density at radius 1 is 0.571 bits per heavy atom. The van der Waals surface area contributed by atoms with E-state index in [1.165, 1.54) is 66.1 Å².